The molecule has 2 heterocycles. The molecule has 0 bridgehead atoms. The van der Waals surface area contributed by atoms with Crippen molar-refractivity contribution in [3.05, 3.63) is 35.9 Å². The zero-order valence-corrected chi connectivity index (χ0v) is 13.2. The monoisotopic (exact) mass is 319 g/mol. The minimum atomic E-state index is -0.715. The summed E-state index contributed by atoms with van der Waals surface area (Å²) < 4.78 is 17.5. The molecule has 0 aromatic heterocycles. The Morgan fingerprint density at radius 1 is 1.13 bits per heavy atom. The molecule has 3 aliphatic rings. The minimum absolute atomic E-state index is 0.0658. The summed E-state index contributed by atoms with van der Waals surface area (Å²) in [5.74, 6) is -0.922. The molecule has 1 aromatic rings. The van der Waals surface area contributed by atoms with Crippen LogP contribution in [0.5, 0.6) is 0 Å². The Morgan fingerprint density at radius 2 is 1.83 bits per heavy atom. The average Bonchev–Trinajstić information content (AvgIpc) is 3.08. The van der Waals surface area contributed by atoms with Crippen molar-refractivity contribution in [3.8, 4) is 0 Å². The lowest BCUT2D eigenvalue weighted by Gasteiger charge is -2.29. The number of hydrogen-bond donors (Lipinski definition) is 1. The second-order valence-corrected chi connectivity index (χ2v) is 6.86. The van der Waals surface area contributed by atoms with Crippen LogP contribution in [-0.2, 0) is 20.8 Å². The van der Waals surface area contributed by atoms with E-state index in [1.165, 1.54) is 0 Å². The minimum Gasteiger partial charge on any atom is -0.441 e. The first-order chi connectivity index (χ1) is 11.0. The van der Waals surface area contributed by atoms with Gasteiger partial charge in [0.2, 0.25) is 0 Å². The summed E-state index contributed by atoms with van der Waals surface area (Å²) in [5.41, 5.74) is 1.03. The zero-order chi connectivity index (χ0) is 16.2. The summed E-state index contributed by atoms with van der Waals surface area (Å²) in [5, 5.41) is 9.87. The van der Waals surface area contributed by atoms with Crippen molar-refractivity contribution in [3.63, 3.8) is 0 Å². The van der Waals surface area contributed by atoms with Crippen LogP contribution in [-0.4, -0.2) is 52.8 Å². The second kappa shape index (κ2) is 5.19. The Hall–Kier alpha value is -1.63. The average molecular weight is 319 g/mol. The molecule has 6 nitrogen and oxygen atoms in total. The van der Waals surface area contributed by atoms with Gasteiger partial charge < -0.3 is 19.3 Å². The molecule has 1 aromatic carbocycles. The van der Waals surface area contributed by atoms with E-state index in [1.807, 2.05) is 44.2 Å². The molecule has 1 saturated carbocycles. The van der Waals surface area contributed by atoms with E-state index in [4.69, 9.17) is 14.2 Å². The van der Waals surface area contributed by atoms with Crippen molar-refractivity contribution < 1.29 is 24.1 Å². The fraction of sp³-hybridized carbons (Fsp3) is 0.588. The van der Waals surface area contributed by atoms with E-state index in [-0.39, 0.29) is 36.9 Å². The van der Waals surface area contributed by atoms with Crippen molar-refractivity contribution in [2.24, 2.45) is 5.92 Å². The Labute approximate surface area is 134 Å². The molecule has 6 heteroatoms. The SMILES string of the molecule is CC1(C)O[C@@H]2[C@H]3OC(=O)N(Cc4ccccc4)[C@H]3[C@H](CO)[C@@H]2O1. The number of ether oxygens (including phenoxy) is 3. The Balaban J connectivity index is 1.61. The number of benzene rings is 1. The van der Waals surface area contributed by atoms with Crippen molar-refractivity contribution in [2.75, 3.05) is 6.61 Å². The quantitative estimate of drug-likeness (QED) is 0.915. The molecule has 2 aliphatic heterocycles. The van der Waals surface area contributed by atoms with Gasteiger partial charge in [0.15, 0.2) is 11.9 Å². The molecule has 3 fully saturated rings. The van der Waals surface area contributed by atoms with Crippen LogP contribution in [0.25, 0.3) is 0 Å². The lowest BCUT2D eigenvalue weighted by atomic mass is 10.0. The van der Waals surface area contributed by atoms with Crippen LogP contribution in [0.3, 0.4) is 0 Å². The Kier molecular flexibility index (Phi) is 3.37. The molecular weight excluding hydrogens is 298 g/mol. The summed E-state index contributed by atoms with van der Waals surface area (Å²) in [6.45, 7) is 4.07. The van der Waals surface area contributed by atoms with Gasteiger partial charge in [-0.1, -0.05) is 30.3 Å². The predicted octanol–water partition coefficient (Wildman–Crippen LogP) is 1.52. The molecule has 5 atom stereocenters. The number of hydrogen-bond acceptors (Lipinski definition) is 5. The maximum absolute atomic E-state index is 12.3. The van der Waals surface area contributed by atoms with Crippen LogP contribution in [0, 0.1) is 5.92 Å². The van der Waals surface area contributed by atoms with E-state index in [0.717, 1.165) is 5.56 Å². The maximum atomic E-state index is 12.3. The lowest BCUT2D eigenvalue weighted by Crippen LogP contribution is -2.43. The van der Waals surface area contributed by atoms with Crippen LogP contribution in [0.15, 0.2) is 30.3 Å². The van der Waals surface area contributed by atoms with E-state index < -0.39 is 11.9 Å². The van der Waals surface area contributed by atoms with Crippen LogP contribution in [0.2, 0.25) is 0 Å². The summed E-state index contributed by atoms with van der Waals surface area (Å²) in [4.78, 5) is 14.0. The van der Waals surface area contributed by atoms with Crippen LogP contribution in [0.1, 0.15) is 19.4 Å². The third kappa shape index (κ3) is 2.33. The van der Waals surface area contributed by atoms with Crippen molar-refractivity contribution in [2.45, 2.75) is 50.5 Å². The van der Waals surface area contributed by atoms with Crippen LogP contribution in [0.4, 0.5) is 4.79 Å². The van der Waals surface area contributed by atoms with Crippen molar-refractivity contribution in [1.29, 1.82) is 0 Å². The fourth-order valence-corrected chi connectivity index (χ4v) is 4.05. The highest BCUT2D eigenvalue weighted by Gasteiger charge is 2.65. The molecule has 1 aliphatic carbocycles. The van der Waals surface area contributed by atoms with E-state index >= 15 is 0 Å². The van der Waals surface area contributed by atoms with E-state index in [1.54, 1.807) is 4.90 Å². The number of rotatable bonds is 3. The van der Waals surface area contributed by atoms with E-state index in [9.17, 15) is 9.90 Å². The maximum Gasteiger partial charge on any atom is 0.410 e. The van der Waals surface area contributed by atoms with Gasteiger partial charge in [-0.05, 0) is 19.4 Å². The molecule has 1 N–H and O–H groups in total. The highest BCUT2D eigenvalue weighted by molar-refractivity contribution is 5.71. The first-order valence-corrected chi connectivity index (χ1v) is 7.98. The number of carbonyl (C=O) groups is 1. The van der Waals surface area contributed by atoms with Gasteiger partial charge in [0.1, 0.15) is 6.10 Å². The first-order valence-electron chi connectivity index (χ1n) is 7.98. The largest absolute Gasteiger partial charge is 0.441 e. The Bertz CT molecular complexity index is 604. The number of amides is 1. The lowest BCUT2D eigenvalue weighted by molar-refractivity contribution is -0.169. The molecule has 4 rings (SSSR count). The number of aliphatic hydroxyl groups is 1. The number of fused-ring (bicyclic) bond motifs is 3. The number of nitrogens with zero attached hydrogens (tertiary/aromatic N) is 1. The predicted molar refractivity (Wildman–Crippen MR) is 80.4 cm³/mol. The number of carbonyl (C=O) groups excluding carboxylic acids is 1. The standard InChI is InChI=1S/C17H21NO5/c1-17(2)22-13-11(9-19)12-14(15(13)23-17)21-16(20)18(12)8-10-6-4-3-5-7-10/h3-7,11-15,19H,8-9H2,1-2H3/t11-,12-,13-,14-,15-/m0/s1. The van der Waals surface area contributed by atoms with Crippen LogP contribution < -0.4 is 0 Å². The molecule has 23 heavy (non-hydrogen) atoms. The summed E-state index contributed by atoms with van der Waals surface area (Å²) in [7, 11) is 0. The van der Waals surface area contributed by atoms with Gasteiger partial charge in [-0.15, -0.1) is 0 Å². The normalized spacial score (nSPS) is 37.6. The summed E-state index contributed by atoms with van der Waals surface area (Å²) >= 11 is 0. The smallest absolute Gasteiger partial charge is 0.410 e. The highest BCUT2D eigenvalue weighted by atomic mass is 16.8. The number of aliphatic hydroxyl groups excluding tert-OH is 1. The van der Waals surface area contributed by atoms with Gasteiger partial charge in [0, 0.05) is 12.5 Å². The molecule has 2 saturated heterocycles. The fourth-order valence-electron chi connectivity index (χ4n) is 4.05. The summed E-state index contributed by atoms with van der Waals surface area (Å²) in [6.07, 6.45) is -1.32. The molecule has 0 radical (unpaired) electrons. The molecule has 124 valence electrons. The molecule has 0 spiro atoms. The second-order valence-electron chi connectivity index (χ2n) is 6.86. The van der Waals surface area contributed by atoms with Gasteiger partial charge in [-0.25, -0.2) is 4.79 Å². The highest BCUT2D eigenvalue weighted by Crippen LogP contribution is 2.47. The molecule has 0 unspecified atom stereocenters. The van der Waals surface area contributed by atoms with E-state index in [2.05, 4.69) is 0 Å². The van der Waals surface area contributed by atoms with Crippen molar-refractivity contribution >= 4 is 6.09 Å². The van der Waals surface area contributed by atoms with Gasteiger partial charge in [-0.2, -0.15) is 0 Å². The van der Waals surface area contributed by atoms with E-state index in [0.29, 0.717) is 6.54 Å². The van der Waals surface area contributed by atoms with Crippen LogP contribution >= 0.6 is 0 Å². The summed E-state index contributed by atoms with van der Waals surface area (Å²) in [6, 6.07) is 9.54. The molecule has 1 amide bonds. The van der Waals surface area contributed by atoms with Gasteiger partial charge >= 0.3 is 6.09 Å². The zero-order valence-electron chi connectivity index (χ0n) is 13.2. The topological polar surface area (TPSA) is 68.2 Å². The third-order valence-corrected chi connectivity index (χ3v) is 4.92. The van der Waals surface area contributed by atoms with Crippen molar-refractivity contribution in [1.82, 2.24) is 4.90 Å². The van der Waals surface area contributed by atoms with Gasteiger partial charge in [-0.3, -0.25) is 4.90 Å². The third-order valence-electron chi connectivity index (χ3n) is 4.92. The Morgan fingerprint density at radius 3 is 2.52 bits per heavy atom. The van der Waals surface area contributed by atoms with Gasteiger partial charge in [0.05, 0.1) is 18.8 Å². The molecular formula is C17H21NO5. The first kappa shape index (κ1) is 14.9. The van der Waals surface area contributed by atoms with Gasteiger partial charge in [0.25, 0.3) is 0 Å².